The fraction of sp³-hybridized carbons (Fsp3) is 0.480. The molecule has 0 aromatic heterocycles. The van der Waals surface area contributed by atoms with Crippen molar-refractivity contribution in [2.45, 2.75) is 64.9 Å². The van der Waals surface area contributed by atoms with Gasteiger partial charge in [0.1, 0.15) is 11.5 Å². The number of phenols is 1. The Bertz CT molecular complexity index is 968. The minimum atomic E-state index is -1.01. The van der Waals surface area contributed by atoms with Crippen LogP contribution < -0.4 is 10.1 Å². The maximum atomic E-state index is 13.4. The molecule has 2 aromatic rings. The van der Waals surface area contributed by atoms with Crippen molar-refractivity contribution >= 4 is 5.91 Å². The van der Waals surface area contributed by atoms with E-state index in [-0.39, 0.29) is 11.9 Å². The highest BCUT2D eigenvalue weighted by atomic mass is 16.7. The molecule has 166 valence electrons. The number of fused-ring (bicyclic) bond motifs is 1. The van der Waals surface area contributed by atoms with Crippen molar-refractivity contribution in [3.63, 3.8) is 0 Å². The van der Waals surface area contributed by atoms with Gasteiger partial charge in [0.25, 0.3) is 5.91 Å². The molecule has 6 nitrogen and oxygen atoms in total. The van der Waals surface area contributed by atoms with E-state index in [0.29, 0.717) is 44.0 Å². The molecule has 31 heavy (non-hydrogen) atoms. The van der Waals surface area contributed by atoms with E-state index in [4.69, 9.17) is 14.2 Å². The molecule has 2 heterocycles. The molecule has 2 N–H and O–H groups in total. The minimum absolute atomic E-state index is 0.180. The van der Waals surface area contributed by atoms with E-state index in [1.165, 1.54) is 0 Å². The molecule has 0 saturated carbocycles. The molecule has 0 unspecified atom stereocenters. The van der Waals surface area contributed by atoms with Crippen LogP contribution in [0.3, 0.4) is 0 Å². The van der Waals surface area contributed by atoms with Gasteiger partial charge in [-0.3, -0.25) is 4.79 Å². The highest BCUT2D eigenvalue weighted by molar-refractivity contribution is 5.86. The zero-order valence-electron chi connectivity index (χ0n) is 18.7. The van der Waals surface area contributed by atoms with E-state index in [1.807, 2.05) is 58.0 Å². The van der Waals surface area contributed by atoms with Gasteiger partial charge in [0.05, 0.1) is 19.3 Å². The average molecular weight is 426 g/mol. The Hall–Kier alpha value is -2.57. The second-order valence-electron chi connectivity index (χ2n) is 8.74. The number of rotatable bonds is 5. The van der Waals surface area contributed by atoms with Gasteiger partial charge in [0.15, 0.2) is 11.9 Å². The Morgan fingerprint density at radius 2 is 1.81 bits per heavy atom. The molecule has 0 spiro atoms. The summed E-state index contributed by atoms with van der Waals surface area (Å²) in [6.07, 6.45) is 1.32. The first kappa shape index (κ1) is 21.7. The Kier molecular flexibility index (Phi) is 5.95. The molecule has 0 bridgehead atoms. The standard InChI is InChI=1S/C25H31NO5/c1-15-16(2)22-19(17(3)21(15)27)10-11-25(4,31-22)24(28)26-20(23-29-12-13-30-23)14-18-8-6-5-7-9-18/h5-9,20,23,27H,10-14H2,1-4H3,(H,26,28)/t20-,25+/m0/s1. The lowest BCUT2D eigenvalue weighted by Gasteiger charge is -2.38. The second kappa shape index (κ2) is 8.52. The fourth-order valence-electron chi connectivity index (χ4n) is 4.42. The SMILES string of the molecule is Cc1c(C)c2c(c(C)c1O)CC[C@](C)(C(=O)N[C@@H](Cc1ccccc1)C1OCCO1)O2. The van der Waals surface area contributed by atoms with Crippen molar-refractivity contribution in [1.29, 1.82) is 0 Å². The number of phenolic OH excluding ortho intramolecular Hbond substituents is 1. The molecule has 1 amide bonds. The first-order valence-corrected chi connectivity index (χ1v) is 10.9. The maximum Gasteiger partial charge on any atom is 0.264 e. The quantitative estimate of drug-likeness (QED) is 0.767. The van der Waals surface area contributed by atoms with E-state index in [1.54, 1.807) is 0 Å². The number of nitrogens with one attached hydrogen (secondary N) is 1. The second-order valence-corrected chi connectivity index (χ2v) is 8.74. The van der Waals surface area contributed by atoms with Gasteiger partial charge in [-0.25, -0.2) is 0 Å². The Morgan fingerprint density at radius 3 is 2.48 bits per heavy atom. The van der Waals surface area contributed by atoms with Crippen LogP contribution >= 0.6 is 0 Å². The van der Waals surface area contributed by atoms with Crippen LogP contribution in [0.25, 0.3) is 0 Å². The summed E-state index contributed by atoms with van der Waals surface area (Å²) < 4.78 is 17.8. The van der Waals surface area contributed by atoms with Crippen LogP contribution in [0.4, 0.5) is 0 Å². The third-order valence-corrected chi connectivity index (χ3v) is 6.59. The molecule has 2 atom stereocenters. The first-order valence-electron chi connectivity index (χ1n) is 10.9. The molecule has 1 saturated heterocycles. The number of amides is 1. The third-order valence-electron chi connectivity index (χ3n) is 6.59. The van der Waals surface area contributed by atoms with Gasteiger partial charge in [-0.15, -0.1) is 0 Å². The number of carbonyl (C=O) groups is 1. The third kappa shape index (κ3) is 4.14. The van der Waals surface area contributed by atoms with Crippen LogP contribution in [0.5, 0.6) is 11.5 Å². The smallest absolute Gasteiger partial charge is 0.264 e. The van der Waals surface area contributed by atoms with E-state index in [0.717, 1.165) is 27.8 Å². The van der Waals surface area contributed by atoms with Crippen LogP contribution in [0, 0.1) is 20.8 Å². The minimum Gasteiger partial charge on any atom is -0.507 e. The van der Waals surface area contributed by atoms with Crippen LogP contribution in [0.1, 0.15) is 41.2 Å². The molecule has 0 radical (unpaired) electrons. The number of benzene rings is 2. The summed E-state index contributed by atoms with van der Waals surface area (Å²) in [4.78, 5) is 13.4. The molecular formula is C25H31NO5. The van der Waals surface area contributed by atoms with Crippen molar-refractivity contribution in [3.8, 4) is 11.5 Å². The monoisotopic (exact) mass is 425 g/mol. The fourth-order valence-corrected chi connectivity index (χ4v) is 4.42. The van der Waals surface area contributed by atoms with Crippen LogP contribution in [-0.4, -0.2) is 42.2 Å². The van der Waals surface area contributed by atoms with Crippen molar-refractivity contribution < 1.29 is 24.1 Å². The van der Waals surface area contributed by atoms with E-state index in [2.05, 4.69) is 5.32 Å². The van der Waals surface area contributed by atoms with Gasteiger partial charge >= 0.3 is 0 Å². The number of ether oxygens (including phenoxy) is 3. The van der Waals surface area contributed by atoms with Crippen LogP contribution in [0.2, 0.25) is 0 Å². The summed E-state index contributed by atoms with van der Waals surface area (Å²) >= 11 is 0. The van der Waals surface area contributed by atoms with E-state index in [9.17, 15) is 9.90 Å². The lowest BCUT2D eigenvalue weighted by Crippen LogP contribution is -2.56. The van der Waals surface area contributed by atoms with Gasteiger partial charge < -0.3 is 24.6 Å². The molecule has 2 aliphatic rings. The maximum absolute atomic E-state index is 13.4. The predicted octanol–water partition coefficient (Wildman–Crippen LogP) is 3.50. The van der Waals surface area contributed by atoms with Gasteiger partial charge in [-0.05, 0) is 62.8 Å². The average Bonchev–Trinajstić information content (AvgIpc) is 3.31. The van der Waals surface area contributed by atoms with Crippen LogP contribution in [-0.2, 0) is 27.1 Å². The summed E-state index contributed by atoms with van der Waals surface area (Å²) in [5, 5.41) is 13.5. The Labute approximate surface area is 183 Å². The molecule has 2 aliphatic heterocycles. The highest BCUT2D eigenvalue weighted by Crippen LogP contribution is 2.43. The summed E-state index contributed by atoms with van der Waals surface area (Å²) in [7, 11) is 0. The number of carbonyl (C=O) groups excluding carboxylic acids is 1. The predicted molar refractivity (Wildman–Crippen MR) is 117 cm³/mol. The van der Waals surface area contributed by atoms with E-state index < -0.39 is 11.9 Å². The Morgan fingerprint density at radius 1 is 1.13 bits per heavy atom. The lowest BCUT2D eigenvalue weighted by molar-refractivity contribution is -0.142. The summed E-state index contributed by atoms with van der Waals surface area (Å²) in [6.45, 7) is 8.57. The van der Waals surface area contributed by atoms with Crippen molar-refractivity contribution in [1.82, 2.24) is 5.32 Å². The molecular weight excluding hydrogens is 394 g/mol. The summed E-state index contributed by atoms with van der Waals surface area (Å²) in [6, 6.07) is 9.68. The molecule has 6 heteroatoms. The number of hydrogen-bond donors (Lipinski definition) is 2. The molecule has 4 rings (SSSR count). The van der Waals surface area contributed by atoms with Gasteiger partial charge in [-0.1, -0.05) is 30.3 Å². The van der Waals surface area contributed by atoms with Crippen molar-refractivity contribution in [3.05, 3.63) is 58.1 Å². The van der Waals surface area contributed by atoms with Crippen LogP contribution in [0.15, 0.2) is 30.3 Å². The largest absolute Gasteiger partial charge is 0.507 e. The highest BCUT2D eigenvalue weighted by Gasteiger charge is 2.42. The molecule has 0 aliphatic carbocycles. The zero-order valence-corrected chi connectivity index (χ0v) is 18.7. The topological polar surface area (TPSA) is 77.0 Å². The summed E-state index contributed by atoms with van der Waals surface area (Å²) in [5.41, 5.74) is 3.56. The van der Waals surface area contributed by atoms with E-state index >= 15 is 0 Å². The van der Waals surface area contributed by atoms with Crippen molar-refractivity contribution in [2.24, 2.45) is 0 Å². The molecule has 2 aromatic carbocycles. The Balaban J connectivity index is 1.56. The van der Waals surface area contributed by atoms with Gasteiger partial charge in [0.2, 0.25) is 0 Å². The number of aromatic hydroxyl groups is 1. The van der Waals surface area contributed by atoms with Crippen molar-refractivity contribution in [2.75, 3.05) is 13.2 Å². The first-order chi connectivity index (χ1) is 14.8. The van der Waals surface area contributed by atoms with Gasteiger partial charge in [0, 0.05) is 12.0 Å². The lowest BCUT2D eigenvalue weighted by atomic mass is 9.86. The zero-order chi connectivity index (χ0) is 22.2. The normalized spacial score (nSPS) is 21.9. The number of hydrogen-bond acceptors (Lipinski definition) is 5. The van der Waals surface area contributed by atoms with Gasteiger partial charge in [-0.2, -0.15) is 0 Å². The molecule has 1 fully saturated rings. The summed E-state index contributed by atoms with van der Waals surface area (Å²) in [5.74, 6) is 0.844.